The van der Waals surface area contributed by atoms with Crippen molar-refractivity contribution in [3.63, 3.8) is 0 Å². The lowest BCUT2D eigenvalue weighted by molar-refractivity contribution is -0.146. The molecule has 0 bridgehead atoms. The van der Waals surface area contributed by atoms with Crippen LogP contribution in [0, 0.1) is 5.82 Å². The zero-order valence-corrected chi connectivity index (χ0v) is 16.2. The molecule has 1 aliphatic heterocycles. The van der Waals surface area contributed by atoms with Crippen LogP contribution in [0.25, 0.3) is 0 Å². The Labute approximate surface area is 168 Å². The fraction of sp³-hybridized carbons (Fsp3) is 0.409. The minimum atomic E-state index is -2.70. The highest BCUT2D eigenvalue weighted by atomic mass is 19.2. The quantitative estimate of drug-likeness (QED) is 0.686. The van der Waals surface area contributed by atoms with E-state index >= 15 is 4.39 Å². The Kier molecular flexibility index (Phi) is 4.84. The summed E-state index contributed by atoms with van der Waals surface area (Å²) >= 11 is 0. The predicted octanol–water partition coefficient (Wildman–Crippen LogP) is 4.86. The highest BCUT2D eigenvalue weighted by Crippen LogP contribution is 2.44. The highest BCUT2D eigenvalue weighted by Gasteiger charge is 2.45. The maximum Gasteiger partial charge on any atom is 0.344 e. The molecule has 2 aliphatic rings. The van der Waals surface area contributed by atoms with Crippen LogP contribution in [-0.2, 0) is 10.2 Å². The molecule has 0 saturated heterocycles. The Balaban J connectivity index is 1.55. The minimum absolute atomic E-state index is 0.105. The molecule has 7 heteroatoms. The Morgan fingerprint density at radius 3 is 2.69 bits per heavy atom. The van der Waals surface area contributed by atoms with Gasteiger partial charge in [0, 0.05) is 11.6 Å². The van der Waals surface area contributed by atoms with E-state index in [-0.39, 0.29) is 22.6 Å². The van der Waals surface area contributed by atoms with Crippen molar-refractivity contribution >= 4 is 17.3 Å². The number of phenolic OH excluding ortho intramolecular Hbond substituents is 1. The van der Waals surface area contributed by atoms with Crippen LogP contribution in [0.4, 0.5) is 20.2 Å². The topological polar surface area (TPSA) is 70.6 Å². The van der Waals surface area contributed by atoms with Gasteiger partial charge >= 0.3 is 11.8 Å². The van der Waals surface area contributed by atoms with E-state index in [0.717, 1.165) is 38.2 Å². The van der Waals surface area contributed by atoms with E-state index in [0.29, 0.717) is 11.3 Å². The number of carbonyl (C=O) groups excluding carboxylic acids is 1. The van der Waals surface area contributed by atoms with Gasteiger partial charge in [-0.3, -0.25) is 4.79 Å². The maximum atomic E-state index is 15.1. The first kappa shape index (κ1) is 19.5. The van der Waals surface area contributed by atoms with Crippen LogP contribution in [0.2, 0.25) is 0 Å². The van der Waals surface area contributed by atoms with Gasteiger partial charge in [0.15, 0.2) is 0 Å². The van der Waals surface area contributed by atoms with Crippen molar-refractivity contribution in [2.75, 3.05) is 17.2 Å². The lowest BCUT2D eigenvalue weighted by Gasteiger charge is -2.35. The lowest BCUT2D eigenvalue weighted by atomic mass is 9.70. The summed E-state index contributed by atoms with van der Waals surface area (Å²) in [4.78, 5) is 12.5. The number of benzene rings is 2. The highest BCUT2D eigenvalue weighted by molar-refractivity contribution is 5.97. The van der Waals surface area contributed by atoms with Crippen LogP contribution in [0.5, 0.6) is 11.5 Å². The average molecular weight is 402 g/mol. The first-order chi connectivity index (χ1) is 13.8. The van der Waals surface area contributed by atoms with Crippen LogP contribution in [-0.4, -0.2) is 23.4 Å². The molecule has 5 nitrogen and oxygen atoms in total. The molecular formula is C22H24F2N2O3. The Morgan fingerprint density at radius 1 is 1.21 bits per heavy atom. The van der Waals surface area contributed by atoms with E-state index in [1.54, 1.807) is 18.2 Å². The van der Waals surface area contributed by atoms with Gasteiger partial charge in [-0.1, -0.05) is 38.3 Å². The SMILES string of the molecule is CC1(c2cc(F)c(NC(=O)C3(F)CNc4ccccc4O3)cc2O)CCCCC1. The fourth-order valence-corrected chi connectivity index (χ4v) is 4.21. The van der Waals surface area contributed by atoms with Crippen molar-refractivity contribution in [3.8, 4) is 11.5 Å². The number of anilines is 2. The molecule has 0 spiro atoms. The first-order valence-corrected chi connectivity index (χ1v) is 9.86. The third kappa shape index (κ3) is 3.61. The summed E-state index contributed by atoms with van der Waals surface area (Å²) < 4.78 is 35.1. The molecular weight excluding hydrogens is 378 g/mol. The zero-order valence-electron chi connectivity index (χ0n) is 16.2. The van der Waals surface area contributed by atoms with Crippen LogP contribution >= 0.6 is 0 Å². The van der Waals surface area contributed by atoms with Gasteiger partial charge in [0.2, 0.25) is 0 Å². The molecule has 29 heavy (non-hydrogen) atoms. The maximum absolute atomic E-state index is 15.1. The second-order valence-corrected chi connectivity index (χ2v) is 8.10. The average Bonchev–Trinajstić information content (AvgIpc) is 2.70. The minimum Gasteiger partial charge on any atom is -0.508 e. The van der Waals surface area contributed by atoms with Crippen molar-refractivity contribution in [1.82, 2.24) is 0 Å². The van der Waals surface area contributed by atoms with E-state index in [1.165, 1.54) is 12.1 Å². The van der Waals surface area contributed by atoms with Crippen LogP contribution in [0.1, 0.15) is 44.6 Å². The largest absolute Gasteiger partial charge is 0.508 e. The number of nitrogens with one attached hydrogen (secondary N) is 2. The van der Waals surface area contributed by atoms with Gasteiger partial charge < -0.3 is 20.5 Å². The van der Waals surface area contributed by atoms with Crippen LogP contribution < -0.4 is 15.4 Å². The number of amides is 1. The summed E-state index contributed by atoms with van der Waals surface area (Å²) in [5.74, 6) is -4.47. The van der Waals surface area contributed by atoms with Crippen molar-refractivity contribution in [1.29, 1.82) is 0 Å². The fourth-order valence-electron chi connectivity index (χ4n) is 4.21. The number of fused-ring (bicyclic) bond motifs is 1. The molecule has 1 fully saturated rings. The summed E-state index contributed by atoms with van der Waals surface area (Å²) in [6.07, 6.45) is 4.89. The first-order valence-electron chi connectivity index (χ1n) is 9.86. The lowest BCUT2D eigenvalue weighted by Crippen LogP contribution is -2.51. The van der Waals surface area contributed by atoms with Gasteiger partial charge in [-0.25, -0.2) is 4.39 Å². The predicted molar refractivity (Wildman–Crippen MR) is 107 cm³/mol. The van der Waals surface area contributed by atoms with Crippen molar-refractivity contribution in [2.45, 2.75) is 50.3 Å². The van der Waals surface area contributed by atoms with E-state index in [9.17, 15) is 14.3 Å². The Morgan fingerprint density at radius 2 is 1.93 bits per heavy atom. The van der Waals surface area contributed by atoms with E-state index < -0.39 is 24.1 Å². The standard InChI is InChI=1S/C22H24F2N2O3/c1-21(9-5-2-6-10-21)14-11-15(23)17(12-18(14)27)26-20(28)22(24)13-25-16-7-3-4-8-19(16)29-22/h3-4,7-8,11-12,25,27H,2,5-6,9-10,13H2,1H3,(H,26,28). The van der Waals surface area contributed by atoms with E-state index in [2.05, 4.69) is 10.6 Å². The summed E-state index contributed by atoms with van der Waals surface area (Å²) in [7, 11) is 0. The second-order valence-electron chi connectivity index (χ2n) is 8.10. The van der Waals surface area contributed by atoms with Crippen molar-refractivity contribution in [3.05, 3.63) is 47.8 Å². The van der Waals surface area contributed by atoms with Crippen molar-refractivity contribution in [2.24, 2.45) is 0 Å². The molecule has 0 radical (unpaired) electrons. The van der Waals surface area contributed by atoms with Gasteiger partial charge in [-0.05, 0) is 36.5 Å². The van der Waals surface area contributed by atoms with Gasteiger partial charge in [0.25, 0.3) is 0 Å². The van der Waals surface area contributed by atoms with Gasteiger partial charge in [0.1, 0.15) is 17.3 Å². The third-order valence-electron chi connectivity index (χ3n) is 5.94. The number of rotatable bonds is 3. The normalized spacial score (nSPS) is 22.7. The Hall–Kier alpha value is -2.83. The molecule has 2 aromatic carbocycles. The van der Waals surface area contributed by atoms with E-state index in [4.69, 9.17) is 4.74 Å². The van der Waals surface area contributed by atoms with Crippen LogP contribution in [0.3, 0.4) is 0 Å². The number of para-hydroxylation sites is 2. The summed E-state index contributed by atoms with van der Waals surface area (Å²) in [5, 5.41) is 15.5. The molecule has 154 valence electrons. The zero-order chi connectivity index (χ0) is 20.6. The van der Waals surface area contributed by atoms with E-state index in [1.807, 2.05) is 6.92 Å². The molecule has 1 unspecified atom stereocenters. The molecule has 0 aromatic heterocycles. The number of ether oxygens (including phenoxy) is 1. The molecule has 3 N–H and O–H groups in total. The molecule has 1 saturated carbocycles. The molecule has 2 aromatic rings. The second kappa shape index (κ2) is 7.21. The number of alkyl halides is 1. The number of halogens is 2. The molecule has 1 heterocycles. The van der Waals surface area contributed by atoms with Crippen LogP contribution in [0.15, 0.2) is 36.4 Å². The summed E-state index contributed by atoms with van der Waals surface area (Å²) in [5.41, 5.74) is 0.498. The van der Waals surface area contributed by atoms with Gasteiger partial charge in [-0.2, -0.15) is 4.39 Å². The number of phenols is 1. The number of carbonyl (C=O) groups is 1. The van der Waals surface area contributed by atoms with Gasteiger partial charge in [-0.15, -0.1) is 0 Å². The molecule has 4 rings (SSSR count). The number of aromatic hydroxyl groups is 1. The summed E-state index contributed by atoms with van der Waals surface area (Å²) in [6, 6.07) is 9.05. The van der Waals surface area contributed by atoms with Crippen molar-refractivity contribution < 1.29 is 23.4 Å². The smallest absolute Gasteiger partial charge is 0.344 e. The van der Waals surface area contributed by atoms with Gasteiger partial charge in [0.05, 0.1) is 17.9 Å². The molecule has 1 atom stereocenters. The third-order valence-corrected chi connectivity index (χ3v) is 5.94. The molecule has 1 aliphatic carbocycles. The molecule has 1 amide bonds. The Bertz CT molecular complexity index is 944. The number of hydrogen-bond acceptors (Lipinski definition) is 4. The number of hydrogen-bond donors (Lipinski definition) is 3. The monoisotopic (exact) mass is 402 g/mol. The summed E-state index contributed by atoms with van der Waals surface area (Å²) in [6.45, 7) is 1.59.